The van der Waals surface area contributed by atoms with Crippen LogP contribution in [0.15, 0.2) is 66.7 Å². The Balaban J connectivity index is 1.37. The van der Waals surface area contributed by atoms with E-state index in [4.69, 9.17) is 14.2 Å². The van der Waals surface area contributed by atoms with E-state index in [9.17, 15) is 14.4 Å². The van der Waals surface area contributed by atoms with E-state index in [-0.39, 0.29) is 36.9 Å². The van der Waals surface area contributed by atoms with Gasteiger partial charge in [-0.3, -0.25) is 14.4 Å². The lowest BCUT2D eigenvalue weighted by atomic mass is 9.97. The number of carbonyl (C=O) groups excluding carboxylic acids is 3. The maximum absolute atomic E-state index is 13.9. The van der Waals surface area contributed by atoms with E-state index in [1.165, 1.54) is 0 Å². The maximum Gasteiger partial charge on any atom is 0.310 e. The third kappa shape index (κ3) is 6.28. The van der Waals surface area contributed by atoms with E-state index in [0.717, 1.165) is 29.5 Å². The summed E-state index contributed by atoms with van der Waals surface area (Å²) in [5.74, 6) is 0.409. The van der Waals surface area contributed by atoms with Crippen molar-refractivity contribution in [3.63, 3.8) is 0 Å². The van der Waals surface area contributed by atoms with Gasteiger partial charge in [0.1, 0.15) is 0 Å². The number of hydrogen-bond acceptors (Lipinski definition) is 6. The third-order valence-corrected chi connectivity index (χ3v) is 7.30. The smallest absolute Gasteiger partial charge is 0.310 e. The van der Waals surface area contributed by atoms with Gasteiger partial charge in [0.05, 0.1) is 25.5 Å². The molecule has 0 aromatic heterocycles. The van der Waals surface area contributed by atoms with Gasteiger partial charge in [-0.05, 0) is 68.1 Å². The molecule has 0 aliphatic carbocycles. The number of hydrogen-bond donors (Lipinski definition) is 0. The fourth-order valence-electron chi connectivity index (χ4n) is 5.12. The van der Waals surface area contributed by atoms with Crippen LogP contribution in [-0.2, 0) is 27.3 Å². The molecule has 3 aromatic carbocycles. The van der Waals surface area contributed by atoms with E-state index in [1.807, 2.05) is 55.5 Å². The molecule has 5 rings (SSSR count). The monoisotopic (exact) mass is 542 g/mol. The lowest BCUT2D eigenvalue weighted by Crippen LogP contribution is -2.43. The van der Waals surface area contributed by atoms with Gasteiger partial charge in [-0.2, -0.15) is 0 Å². The first kappa shape index (κ1) is 27.2. The van der Waals surface area contributed by atoms with Crippen molar-refractivity contribution in [3.8, 4) is 11.5 Å². The van der Waals surface area contributed by atoms with Crippen LogP contribution >= 0.6 is 0 Å². The molecule has 0 radical (unpaired) electrons. The summed E-state index contributed by atoms with van der Waals surface area (Å²) in [6.45, 7) is 5.63. The number of nitrogens with zero attached hydrogens (tertiary/aromatic N) is 2. The Morgan fingerprint density at radius 3 is 2.58 bits per heavy atom. The zero-order chi connectivity index (χ0) is 28.1. The Hall–Kier alpha value is -4.33. The van der Waals surface area contributed by atoms with Crippen LogP contribution in [0.4, 0.5) is 5.69 Å². The molecule has 1 fully saturated rings. The Morgan fingerprint density at radius 2 is 1.77 bits per heavy atom. The summed E-state index contributed by atoms with van der Waals surface area (Å²) in [5.41, 5.74) is 4.10. The van der Waals surface area contributed by atoms with Gasteiger partial charge in [0, 0.05) is 24.3 Å². The molecule has 0 saturated carbocycles. The molecular weight excluding hydrogens is 508 g/mol. The average Bonchev–Trinajstić information content (AvgIpc) is 3.45. The number of piperidine rings is 1. The topological polar surface area (TPSA) is 85.4 Å². The second-order valence-electron chi connectivity index (χ2n) is 10.2. The second kappa shape index (κ2) is 12.2. The van der Waals surface area contributed by atoms with Crippen molar-refractivity contribution in [2.75, 3.05) is 31.4 Å². The normalized spacial score (nSPS) is 15.9. The molecule has 1 saturated heterocycles. The van der Waals surface area contributed by atoms with Crippen molar-refractivity contribution < 1.29 is 28.6 Å². The number of carbonyl (C=O) groups is 3. The SMILES string of the molecule is CCOC(=O)C1CCCN(C(=O)Cc2cccc(N(Cc3ccc(C)cc3)C(=O)c3ccc4c(c3)OCO4)c2)C1. The van der Waals surface area contributed by atoms with Crippen LogP contribution < -0.4 is 14.4 Å². The molecule has 2 aliphatic rings. The minimum atomic E-state index is -0.284. The van der Waals surface area contributed by atoms with Crippen LogP contribution in [0, 0.1) is 12.8 Å². The van der Waals surface area contributed by atoms with Crippen molar-refractivity contribution in [2.45, 2.75) is 39.7 Å². The first-order valence-corrected chi connectivity index (χ1v) is 13.7. The second-order valence-corrected chi connectivity index (χ2v) is 10.2. The van der Waals surface area contributed by atoms with Crippen LogP contribution in [0.1, 0.15) is 46.8 Å². The fourth-order valence-corrected chi connectivity index (χ4v) is 5.12. The molecule has 8 heteroatoms. The molecule has 1 atom stereocenters. The Labute approximate surface area is 234 Å². The summed E-state index contributed by atoms with van der Waals surface area (Å²) in [6.07, 6.45) is 1.68. The van der Waals surface area contributed by atoms with E-state index < -0.39 is 0 Å². The number of esters is 1. The standard InChI is InChI=1S/C32H34N2O6/c1-3-38-32(37)26-7-5-15-33(20-26)30(35)17-24-6-4-8-27(16-24)34(19-23-11-9-22(2)10-12-23)31(36)25-13-14-28-29(18-25)40-21-39-28/h4,6,8-14,16,18,26H,3,5,7,15,17,19-21H2,1-2H3. The molecule has 208 valence electrons. The van der Waals surface area contributed by atoms with Crippen LogP contribution in [0.2, 0.25) is 0 Å². The van der Waals surface area contributed by atoms with Crippen LogP contribution in [0.3, 0.4) is 0 Å². The fraction of sp³-hybridized carbons (Fsp3) is 0.344. The van der Waals surface area contributed by atoms with E-state index >= 15 is 0 Å². The highest BCUT2D eigenvalue weighted by molar-refractivity contribution is 6.06. The zero-order valence-corrected chi connectivity index (χ0v) is 22.9. The van der Waals surface area contributed by atoms with Gasteiger partial charge in [-0.15, -0.1) is 0 Å². The van der Waals surface area contributed by atoms with E-state index in [1.54, 1.807) is 34.9 Å². The molecular formula is C32H34N2O6. The summed E-state index contributed by atoms with van der Waals surface area (Å²) in [6, 6.07) is 20.8. The minimum Gasteiger partial charge on any atom is -0.466 e. The van der Waals surface area contributed by atoms with Gasteiger partial charge in [0.2, 0.25) is 12.7 Å². The number of anilines is 1. The van der Waals surface area contributed by atoms with Gasteiger partial charge >= 0.3 is 5.97 Å². The zero-order valence-electron chi connectivity index (χ0n) is 22.9. The molecule has 0 spiro atoms. The summed E-state index contributed by atoms with van der Waals surface area (Å²) < 4.78 is 16.1. The minimum absolute atomic E-state index is 0.0432. The first-order chi connectivity index (χ1) is 19.4. The summed E-state index contributed by atoms with van der Waals surface area (Å²) in [4.78, 5) is 42.8. The highest BCUT2D eigenvalue weighted by atomic mass is 16.7. The van der Waals surface area contributed by atoms with Crippen LogP contribution in [-0.4, -0.2) is 49.2 Å². The summed E-state index contributed by atoms with van der Waals surface area (Å²) in [7, 11) is 0. The van der Waals surface area contributed by atoms with Crippen molar-refractivity contribution >= 4 is 23.5 Å². The molecule has 2 heterocycles. The summed E-state index contributed by atoms with van der Waals surface area (Å²) in [5, 5.41) is 0. The Kier molecular flexibility index (Phi) is 8.34. The predicted molar refractivity (Wildman–Crippen MR) is 150 cm³/mol. The van der Waals surface area contributed by atoms with Gasteiger partial charge < -0.3 is 24.0 Å². The molecule has 1 unspecified atom stereocenters. The number of aryl methyl sites for hydroxylation is 1. The maximum atomic E-state index is 13.9. The highest BCUT2D eigenvalue weighted by Crippen LogP contribution is 2.33. The van der Waals surface area contributed by atoms with Crippen molar-refractivity contribution in [3.05, 3.63) is 89.0 Å². The number of amides is 2. The molecule has 0 N–H and O–H groups in total. The number of likely N-dealkylation sites (tertiary alicyclic amines) is 1. The number of rotatable bonds is 8. The Morgan fingerprint density at radius 1 is 0.975 bits per heavy atom. The van der Waals surface area contributed by atoms with Crippen molar-refractivity contribution in [2.24, 2.45) is 5.92 Å². The van der Waals surface area contributed by atoms with E-state index in [0.29, 0.717) is 49.0 Å². The molecule has 0 bridgehead atoms. The average molecular weight is 543 g/mol. The van der Waals surface area contributed by atoms with Gasteiger partial charge in [0.25, 0.3) is 5.91 Å². The van der Waals surface area contributed by atoms with Crippen LogP contribution in [0.5, 0.6) is 11.5 Å². The molecule has 40 heavy (non-hydrogen) atoms. The lowest BCUT2D eigenvalue weighted by Gasteiger charge is -2.31. The first-order valence-electron chi connectivity index (χ1n) is 13.7. The largest absolute Gasteiger partial charge is 0.466 e. The van der Waals surface area contributed by atoms with Gasteiger partial charge in [-0.1, -0.05) is 42.0 Å². The van der Waals surface area contributed by atoms with Crippen molar-refractivity contribution in [1.82, 2.24) is 4.90 Å². The summed E-state index contributed by atoms with van der Waals surface area (Å²) >= 11 is 0. The molecule has 8 nitrogen and oxygen atoms in total. The third-order valence-electron chi connectivity index (χ3n) is 7.30. The van der Waals surface area contributed by atoms with Crippen molar-refractivity contribution in [1.29, 1.82) is 0 Å². The number of fused-ring (bicyclic) bond motifs is 1. The molecule has 2 amide bonds. The van der Waals surface area contributed by atoms with Gasteiger partial charge in [-0.25, -0.2) is 0 Å². The Bertz CT molecular complexity index is 1390. The van der Waals surface area contributed by atoms with Crippen LogP contribution in [0.25, 0.3) is 0 Å². The molecule has 2 aliphatic heterocycles. The molecule has 3 aromatic rings. The lowest BCUT2D eigenvalue weighted by molar-refractivity contribution is -0.151. The highest BCUT2D eigenvalue weighted by Gasteiger charge is 2.29. The van der Waals surface area contributed by atoms with E-state index in [2.05, 4.69) is 0 Å². The quantitative estimate of drug-likeness (QED) is 0.376. The predicted octanol–water partition coefficient (Wildman–Crippen LogP) is 4.91. The van der Waals surface area contributed by atoms with Gasteiger partial charge in [0.15, 0.2) is 11.5 Å². The number of ether oxygens (including phenoxy) is 3. The number of benzene rings is 3.